The normalized spacial score (nSPS) is 18.8. The molecular weight excluding hydrogens is 335 g/mol. The number of hydrogen-bond donors (Lipinski definition) is 0. The zero-order valence-corrected chi connectivity index (χ0v) is 16.6. The van der Waals surface area contributed by atoms with Gasteiger partial charge in [0.15, 0.2) is 0 Å². The van der Waals surface area contributed by atoms with Crippen LogP contribution in [-0.2, 0) is 17.0 Å². The van der Waals surface area contributed by atoms with Crippen LogP contribution in [0.2, 0.25) is 0 Å². The van der Waals surface area contributed by atoms with Crippen LogP contribution in [0, 0.1) is 23.0 Å². The molecule has 0 heterocycles. The summed E-state index contributed by atoms with van der Waals surface area (Å²) in [7, 11) is 9.78. The van der Waals surface area contributed by atoms with Crippen LogP contribution in [0.4, 0.5) is 0 Å². The Morgan fingerprint density at radius 1 is 0.762 bits per heavy atom. The average Bonchev–Trinajstić information content (AvgIpc) is 3.19. The van der Waals surface area contributed by atoms with Crippen LogP contribution in [0.25, 0.3) is 0 Å². The molecule has 0 saturated carbocycles. The van der Waals surface area contributed by atoms with E-state index in [1.165, 1.54) is 25.7 Å². The first-order chi connectivity index (χ1) is 10.1. The van der Waals surface area contributed by atoms with E-state index in [1.807, 2.05) is 12.2 Å². The van der Waals surface area contributed by atoms with Crippen molar-refractivity contribution in [3.8, 4) is 0 Å². The van der Waals surface area contributed by atoms with Crippen molar-refractivity contribution >= 4 is 18.6 Å². The van der Waals surface area contributed by atoms with Crippen LogP contribution in [0.15, 0.2) is 36.5 Å². The summed E-state index contributed by atoms with van der Waals surface area (Å²) in [5.41, 5.74) is 0.583. The summed E-state index contributed by atoms with van der Waals surface area (Å²) in [6.45, 7) is 8.83. The molecule has 0 atom stereocenters. The maximum atomic E-state index is 4.89. The Bertz CT molecular complexity index is 309. The van der Waals surface area contributed by atoms with Crippen molar-refractivity contribution in [1.82, 2.24) is 0 Å². The van der Waals surface area contributed by atoms with Crippen LogP contribution in [0.3, 0.4) is 0 Å². The molecule has 2 aliphatic rings. The Labute approximate surface area is 148 Å². The molecule has 0 aromatic carbocycles. The van der Waals surface area contributed by atoms with E-state index < -0.39 is 17.0 Å². The summed E-state index contributed by atoms with van der Waals surface area (Å²) in [5.74, 6) is 0. The van der Waals surface area contributed by atoms with Crippen LogP contribution in [0.5, 0.6) is 0 Å². The van der Waals surface area contributed by atoms with Crippen LogP contribution in [-0.4, -0.2) is 0 Å². The van der Waals surface area contributed by atoms with Gasteiger partial charge in [-0.3, -0.25) is 12.2 Å². The molecule has 0 spiro atoms. The minimum absolute atomic E-state index is 0.292. The van der Waals surface area contributed by atoms with Gasteiger partial charge in [0, 0.05) is 0 Å². The Morgan fingerprint density at radius 3 is 1.14 bits per heavy atom. The van der Waals surface area contributed by atoms with Crippen molar-refractivity contribution in [3.63, 3.8) is 0 Å². The molecule has 3 heteroatoms. The van der Waals surface area contributed by atoms with Gasteiger partial charge in [0.1, 0.15) is 0 Å². The third kappa shape index (κ3) is 7.37. The summed E-state index contributed by atoms with van der Waals surface area (Å²) in [5, 5.41) is 0. The first-order valence-corrected chi connectivity index (χ1v) is 11.9. The second-order valence-electron chi connectivity index (χ2n) is 5.14. The molecule has 0 aromatic heterocycles. The molecule has 0 aromatic rings. The molecule has 2 aliphatic carbocycles. The van der Waals surface area contributed by atoms with E-state index in [4.69, 9.17) is 18.6 Å². The van der Waals surface area contributed by atoms with E-state index >= 15 is 0 Å². The summed E-state index contributed by atoms with van der Waals surface area (Å²) < 4.78 is 0. The minimum atomic E-state index is -0.556. The Morgan fingerprint density at radius 2 is 1.05 bits per heavy atom. The van der Waals surface area contributed by atoms with E-state index in [1.54, 1.807) is 0 Å². The first kappa shape index (κ1) is 21.3. The monoisotopic (exact) mass is 360 g/mol. The first-order valence-electron chi connectivity index (χ1n) is 7.61. The molecule has 2 rings (SSSR count). The molecule has 0 bridgehead atoms. The number of allylic oxidation sites excluding steroid dienone is 8. The third-order valence-electron chi connectivity index (χ3n) is 4.29. The molecule has 0 nitrogen and oxygen atoms in total. The van der Waals surface area contributed by atoms with Crippen molar-refractivity contribution in [3.05, 3.63) is 48.6 Å². The molecule has 0 amide bonds. The van der Waals surface area contributed by atoms with E-state index in [0.29, 0.717) is 10.8 Å². The zero-order valence-electron chi connectivity index (χ0n) is 13.5. The van der Waals surface area contributed by atoms with Gasteiger partial charge in [-0.2, -0.15) is 12.2 Å². The zero-order chi connectivity index (χ0) is 16.2. The Kier molecular flexibility index (Phi) is 11.9. The van der Waals surface area contributed by atoms with Crippen molar-refractivity contribution in [1.29, 1.82) is 0 Å². The van der Waals surface area contributed by atoms with Gasteiger partial charge in [-0.05, 0) is 0 Å². The van der Waals surface area contributed by atoms with Crippen molar-refractivity contribution in [2.24, 2.45) is 10.8 Å². The van der Waals surface area contributed by atoms with Gasteiger partial charge in [0.2, 0.25) is 0 Å². The number of halogens is 2. The van der Waals surface area contributed by atoms with Gasteiger partial charge in [-0.1, -0.05) is 64.2 Å². The van der Waals surface area contributed by atoms with Crippen molar-refractivity contribution in [2.45, 2.75) is 53.4 Å². The van der Waals surface area contributed by atoms with Gasteiger partial charge in [-0.15, -0.1) is 0 Å². The van der Waals surface area contributed by atoms with Crippen LogP contribution in [0.1, 0.15) is 53.4 Å². The molecule has 0 radical (unpaired) electrons. The summed E-state index contributed by atoms with van der Waals surface area (Å²) in [6, 6.07) is 0. The molecular formula is C18H26Cl2Ti-2. The van der Waals surface area contributed by atoms with Crippen LogP contribution < -0.4 is 0 Å². The molecule has 0 unspecified atom stereocenters. The van der Waals surface area contributed by atoms with E-state index in [0.717, 1.165) is 0 Å². The van der Waals surface area contributed by atoms with Crippen molar-refractivity contribution < 1.29 is 17.0 Å². The molecule has 21 heavy (non-hydrogen) atoms. The maximum absolute atomic E-state index is 4.89. The van der Waals surface area contributed by atoms with E-state index in [-0.39, 0.29) is 0 Å². The predicted molar refractivity (Wildman–Crippen MR) is 91.6 cm³/mol. The van der Waals surface area contributed by atoms with Gasteiger partial charge >= 0.3 is 35.6 Å². The molecule has 0 aliphatic heterocycles. The standard InChI is InChI=1S/2C9H13.2ClH.Ti/c2*1-3-9(4-2)7-5-6-8-9;;;/h2*5-7H,3-4H2,1-2H3;2*1H;/q2*-1;;;+2/p-2. The average molecular weight is 361 g/mol. The van der Waals surface area contributed by atoms with Gasteiger partial charge in [0.05, 0.1) is 0 Å². The predicted octanol–water partition coefficient (Wildman–Crippen LogP) is 6.82. The van der Waals surface area contributed by atoms with Crippen molar-refractivity contribution in [2.75, 3.05) is 0 Å². The summed E-state index contributed by atoms with van der Waals surface area (Å²) >= 11 is -0.556. The SMILES string of the molecule is CCC1(CC)[C-]=CC=C1.CCC1(CC)[C-]=CC=C1.[Cl][Ti][Cl]. The molecule has 0 fully saturated rings. The topological polar surface area (TPSA) is 0 Å². The Hall–Kier alpha value is 0.254. The van der Waals surface area contributed by atoms with E-state index in [2.05, 4.69) is 64.2 Å². The van der Waals surface area contributed by atoms with Crippen LogP contribution >= 0.6 is 18.6 Å². The second-order valence-corrected chi connectivity index (χ2v) is 7.72. The third-order valence-corrected chi connectivity index (χ3v) is 4.29. The molecule has 118 valence electrons. The van der Waals surface area contributed by atoms with E-state index in [9.17, 15) is 0 Å². The number of hydrogen-bond acceptors (Lipinski definition) is 0. The second kappa shape index (κ2) is 11.8. The van der Waals surface area contributed by atoms with Gasteiger partial charge in [0.25, 0.3) is 0 Å². The summed E-state index contributed by atoms with van der Waals surface area (Å²) in [6.07, 6.45) is 24.1. The Balaban J connectivity index is 0.000000322. The van der Waals surface area contributed by atoms with Gasteiger partial charge in [-0.25, -0.2) is 24.3 Å². The summed E-state index contributed by atoms with van der Waals surface area (Å²) in [4.78, 5) is 0. The fraction of sp³-hybridized carbons (Fsp3) is 0.556. The fourth-order valence-electron chi connectivity index (χ4n) is 2.37. The molecule has 0 N–H and O–H groups in total. The molecule has 0 saturated heterocycles. The fourth-order valence-corrected chi connectivity index (χ4v) is 2.37. The van der Waals surface area contributed by atoms with Gasteiger partial charge < -0.3 is 0 Å². The quantitative estimate of drug-likeness (QED) is 0.381. The number of rotatable bonds is 4.